The number of amides is 2. The summed E-state index contributed by atoms with van der Waals surface area (Å²) in [6, 6.07) is 16.2. The highest BCUT2D eigenvalue weighted by atomic mass is 32.1. The molecule has 2 amide bonds. The van der Waals surface area contributed by atoms with Gasteiger partial charge in [0.05, 0.1) is 5.41 Å². The second-order valence-corrected chi connectivity index (χ2v) is 12.3. The van der Waals surface area contributed by atoms with Crippen LogP contribution in [-0.4, -0.2) is 11.8 Å². The average molecular weight is 527 g/mol. The molecule has 0 fully saturated rings. The summed E-state index contributed by atoms with van der Waals surface area (Å²) < 4.78 is 0. The Bertz CT molecular complexity index is 1190. The predicted molar refractivity (Wildman–Crippen MR) is 145 cm³/mol. The van der Waals surface area contributed by atoms with Crippen molar-refractivity contribution in [1.29, 1.82) is 0 Å². The van der Waals surface area contributed by atoms with Crippen LogP contribution < -0.4 is 11.5 Å². The summed E-state index contributed by atoms with van der Waals surface area (Å²) in [5.41, 5.74) is 12.9. The van der Waals surface area contributed by atoms with E-state index in [9.17, 15) is 9.59 Å². The Morgan fingerprint density at radius 2 is 1.12 bits per heavy atom. The van der Waals surface area contributed by atoms with Crippen LogP contribution in [0, 0.1) is 5.41 Å². The molecule has 4 heterocycles. The van der Waals surface area contributed by atoms with Crippen LogP contribution >= 0.6 is 45.3 Å². The second-order valence-electron chi connectivity index (χ2n) is 8.20. The number of carbonyl (C=O) groups is 2. The topological polar surface area (TPSA) is 86.2 Å². The third kappa shape index (κ3) is 5.93. The fourth-order valence-corrected chi connectivity index (χ4v) is 7.45. The molecule has 0 spiro atoms. The molecule has 0 unspecified atom stereocenters. The minimum absolute atomic E-state index is 0.0997. The van der Waals surface area contributed by atoms with Crippen LogP contribution in [0.2, 0.25) is 0 Å². The highest BCUT2D eigenvalue weighted by Gasteiger charge is 2.43. The summed E-state index contributed by atoms with van der Waals surface area (Å²) in [5.74, 6) is -0.769. The Labute approximate surface area is 215 Å². The Balaban J connectivity index is 1.94. The van der Waals surface area contributed by atoms with Gasteiger partial charge < -0.3 is 11.5 Å². The van der Waals surface area contributed by atoms with E-state index in [0.29, 0.717) is 25.7 Å². The number of carbonyl (C=O) groups excluding carboxylic acids is 2. The van der Waals surface area contributed by atoms with Crippen molar-refractivity contribution < 1.29 is 9.59 Å². The number of primary amides is 2. The third-order valence-corrected chi connectivity index (χ3v) is 9.38. The maximum Gasteiger partial charge on any atom is 0.228 e. The molecular weight excluding hydrogens is 501 g/mol. The van der Waals surface area contributed by atoms with Crippen LogP contribution in [0.4, 0.5) is 0 Å². The van der Waals surface area contributed by atoms with Crippen LogP contribution in [0.5, 0.6) is 0 Å². The first-order chi connectivity index (χ1) is 16.5. The van der Waals surface area contributed by atoms with Crippen LogP contribution in [-0.2, 0) is 35.3 Å². The van der Waals surface area contributed by atoms with Gasteiger partial charge >= 0.3 is 0 Å². The third-order valence-electron chi connectivity index (χ3n) is 5.87. The van der Waals surface area contributed by atoms with Gasteiger partial charge in [-0.2, -0.15) is 0 Å². The highest BCUT2D eigenvalue weighted by Crippen LogP contribution is 2.43. The molecule has 4 N–H and O–H groups in total. The zero-order valence-electron chi connectivity index (χ0n) is 18.6. The summed E-state index contributed by atoms with van der Waals surface area (Å²) in [4.78, 5) is 30.2. The van der Waals surface area contributed by atoms with Crippen molar-refractivity contribution in [2.75, 3.05) is 0 Å². The van der Waals surface area contributed by atoms with Gasteiger partial charge in [-0.15, -0.1) is 45.3 Å². The number of thiophene rings is 4. The van der Waals surface area contributed by atoms with Crippen molar-refractivity contribution in [2.45, 2.75) is 32.1 Å². The molecule has 0 aliphatic heterocycles. The lowest BCUT2D eigenvalue weighted by atomic mass is 9.69. The minimum Gasteiger partial charge on any atom is -0.369 e. The first-order valence-corrected chi connectivity index (χ1v) is 14.4. The quantitative estimate of drug-likeness (QED) is 0.227. The van der Waals surface area contributed by atoms with Crippen molar-refractivity contribution in [3.63, 3.8) is 0 Å². The number of hydrogen-bond donors (Lipinski definition) is 2. The number of hydrogen-bond acceptors (Lipinski definition) is 6. The van der Waals surface area contributed by atoms with Crippen molar-refractivity contribution in [2.24, 2.45) is 16.9 Å². The largest absolute Gasteiger partial charge is 0.369 e. The molecule has 4 aromatic rings. The van der Waals surface area contributed by atoms with E-state index in [1.165, 1.54) is 0 Å². The molecule has 0 radical (unpaired) electrons. The lowest BCUT2D eigenvalue weighted by molar-refractivity contribution is -0.126. The van der Waals surface area contributed by atoms with Crippen LogP contribution in [0.25, 0.3) is 0 Å². The maximum atomic E-state index is 13.5. The lowest BCUT2D eigenvalue weighted by Gasteiger charge is -2.35. The molecule has 34 heavy (non-hydrogen) atoms. The SMILES string of the molecule is NC(=O)CC(Cc1cccs1)=C(Cc1cccs1)C(Cc1cccs1)(Cc1cccs1)C(N)=O. The molecule has 0 aliphatic carbocycles. The smallest absolute Gasteiger partial charge is 0.228 e. The zero-order valence-corrected chi connectivity index (χ0v) is 21.8. The van der Waals surface area contributed by atoms with Gasteiger partial charge in [0.25, 0.3) is 0 Å². The van der Waals surface area contributed by atoms with E-state index < -0.39 is 11.3 Å². The first kappa shape index (κ1) is 24.6. The van der Waals surface area contributed by atoms with Crippen molar-refractivity contribution in [1.82, 2.24) is 0 Å². The highest BCUT2D eigenvalue weighted by molar-refractivity contribution is 7.10. The Hall–Kier alpha value is -2.52. The number of rotatable bonds is 12. The van der Waals surface area contributed by atoms with Crippen LogP contribution in [0.1, 0.15) is 25.9 Å². The summed E-state index contributed by atoms with van der Waals surface area (Å²) in [5, 5.41) is 8.09. The van der Waals surface area contributed by atoms with Gasteiger partial charge in [-0.05, 0) is 51.4 Å². The summed E-state index contributed by atoms with van der Waals surface area (Å²) in [6.45, 7) is 0. The van der Waals surface area contributed by atoms with Crippen molar-refractivity contribution in [3.05, 3.63) is 101 Å². The normalized spacial score (nSPS) is 12.5. The Morgan fingerprint density at radius 3 is 1.50 bits per heavy atom. The van der Waals surface area contributed by atoms with Gasteiger partial charge in [-0.1, -0.05) is 29.8 Å². The van der Waals surface area contributed by atoms with E-state index in [4.69, 9.17) is 11.5 Å². The molecule has 176 valence electrons. The van der Waals surface area contributed by atoms with E-state index in [0.717, 1.165) is 30.7 Å². The average Bonchev–Trinajstić information content (AvgIpc) is 3.60. The molecule has 4 nitrogen and oxygen atoms in total. The summed E-state index contributed by atoms with van der Waals surface area (Å²) in [7, 11) is 0. The fraction of sp³-hybridized carbons (Fsp3) is 0.231. The second kappa shape index (κ2) is 11.3. The van der Waals surface area contributed by atoms with Gasteiger partial charge in [0, 0.05) is 51.6 Å². The van der Waals surface area contributed by atoms with E-state index in [1.54, 1.807) is 45.3 Å². The molecule has 0 aliphatic rings. The van der Waals surface area contributed by atoms with Gasteiger partial charge in [0.1, 0.15) is 0 Å². The molecular formula is C26H26N2O2S4. The van der Waals surface area contributed by atoms with E-state index in [-0.39, 0.29) is 12.3 Å². The molecule has 0 aromatic carbocycles. The summed E-state index contributed by atoms with van der Waals surface area (Å²) in [6.07, 6.45) is 2.22. The maximum absolute atomic E-state index is 13.5. The zero-order chi connectivity index (χ0) is 24.0. The molecule has 0 saturated heterocycles. The molecule has 4 rings (SSSR count). The van der Waals surface area contributed by atoms with Crippen molar-refractivity contribution in [3.8, 4) is 0 Å². The van der Waals surface area contributed by atoms with Crippen LogP contribution in [0.15, 0.2) is 81.2 Å². The van der Waals surface area contributed by atoms with Gasteiger partial charge in [0.2, 0.25) is 11.8 Å². The van der Waals surface area contributed by atoms with Crippen molar-refractivity contribution >= 4 is 57.2 Å². The Morgan fingerprint density at radius 1 is 0.676 bits per heavy atom. The Kier molecular flexibility index (Phi) is 8.15. The standard InChI is InChI=1S/C26H26N2O2S4/c27-24(29)14-18(13-19-5-1-9-31-19)23(15-20-6-2-10-32-20)26(25(28)30,16-21-7-3-11-33-21)17-22-8-4-12-34-22/h1-12H,13-17H2,(H2,27,29)(H2,28,30). The van der Waals surface area contributed by atoms with Gasteiger partial charge in [0.15, 0.2) is 0 Å². The van der Waals surface area contributed by atoms with E-state index >= 15 is 0 Å². The monoisotopic (exact) mass is 526 g/mol. The minimum atomic E-state index is -0.970. The predicted octanol–water partition coefficient (Wildman–Crippen LogP) is 5.85. The van der Waals surface area contributed by atoms with E-state index in [1.807, 2.05) is 57.9 Å². The molecule has 0 saturated carbocycles. The molecule has 0 bridgehead atoms. The molecule has 0 atom stereocenters. The lowest BCUT2D eigenvalue weighted by Crippen LogP contribution is -2.44. The molecule has 8 heteroatoms. The fourth-order valence-electron chi connectivity index (χ4n) is 4.35. The van der Waals surface area contributed by atoms with E-state index in [2.05, 4.69) is 12.1 Å². The van der Waals surface area contributed by atoms with Gasteiger partial charge in [-0.25, -0.2) is 0 Å². The summed E-state index contributed by atoms with van der Waals surface area (Å²) >= 11 is 6.53. The van der Waals surface area contributed by atoms with Crippen LogP contribution in [0.3, 0.4) is 0 Å². The first-order valence-electron chi connectivity index (χ1n) is 10.9. The molecule has 4 aromatic heterocycles. The number of nitrogens with two attached hydrogens (primary N) is 2. The van der Waals surface area contributed by atoms with Gasteiger partial charge in [-0.3, -0.25) is 9.59 Å².